The highest BCUT2D eigenvalue weighted by Crippen LogP contribution is 2.16. The number of rotatable bonds is 11. The van der Waals surface area contributed by atoms with Gasteiger partial charge in [-0.05, 0) is 58.7 Å². The molecule has 2 fully saturated rings. The van der Waals surface area contributed by atoms with Crippen LogP contribution in [0.2, 0.25) is 0 Å². The molecule has 2 rings (SSSR count). The fraction of sp³-hybridized carbons (Fsp3) is 0.947. The van der Waals surface area contributed by atoms with Crippen LogP contribution in [-0.4, -0.2) is 88.5 Å². The number of nitrogens with one attached hydrogen (secondary N) is 1. The van der Waals surface area contributed by atoms with Gasteiger partial charge in [0, 0.05) is 39.2 Å². The molecule has 0 aromatic heterocycles. The number of guanidine groups is 1. The molecule has 6 heteroatoms. The van der Waals surface area contributed by atoms with Crippen LogP contribution in [0.5, 0.6) is 0 Å². The number of ether oxygens (including phenoxy) is 2. The lowest BCUT2D eigenvalue weighted by atomic mass is 10.1. The van der Waals surface area contributed by atoms with Gasteiger partial charge in [-0.2, -0.15) is 0 Å². The molecule has 0 radical (unpaired) electrons. The average Bonchev–Trinajstić information content (AvgIpc) is 3.29. The molecule has 2 saturated heterocycles. The first-order valence-electron chi connectivity index (χ1n) is 10.2. The molecule has 0 spiro atoms. The maximum absolute atomic E-state index is 5.69. The fourth-order valence-corrected chi connectivity index (χ4v) is 3.62. The van der Waals surface area contributed by atoms with Gasteiger partial charge in [0.05, 0.1) is 19.8 Å². The number of nitrogens with zero attached hydrogens (tertiary/aromatic N) is 3. The summed E-state index contributed by atoms with van der Waals surface area (Å²) in [5.74, 6) is 1.69. The van der Waals surface area contributed by atoms with E-state index >= 15 is 0 Å². The first-order chi connectivity index (χ1) is 12.3. The maximum atomic E-state index is 5.69. The van der Waals surface area contributed by atoms with Gasteiger partial charge in [-0.1, -0.05) is 0 Å². The third-order valence-corrected chi connectivity index (χ3v) is 5.05. The Balaban J connectivity index is 1.64. The van der Waals surface area contributed by atoms with Gasteiger partial charge in [0.2, 0.25) is 0 Å². The molecule has 0 bridgehead atoms. The molecule has 1 N–H and O–H groups in total. The van der Waals surface area contributed by atoms with E-state index in [-0.39, 0.29) is 0 Å². The van der Waals surface area contributed by atoms with Gasteiger partial charge in [-0.15, -0.1) is 0 Å². The summed E-state index contributed by atoms with van der Waals surface area (Å²) < 4.78 is 10.7. The third-order valence-electron chi connectivity index (χ3n) is 5.05. The van der Waals surface area contributed by atoms with Gasteiger partial charge < -0.3 is 24.6 Å². The van der Waals surface area contributed by atoms with E-state index in [0.29, 0.717) is 19.1 Å². The first kappa shape index (κ1) is 20.5. The molecule has 25 heavy (non-hydrogen) atoms. The van der Waals surface area contributed by atoms with E-state index in [9.17, 15) is 0 Å². The van der Waals surface area contributed by atoms with E-state index in [1.165, 1.54) is 51.7 Å². The lowest BCUT2D eigenvalue weighted by molar-refractivity contribution is 0.0536. The topological polar surface area (TPSA) is 49.3 Å². The summed E-state index contributed by atoms with van der Waals surface area (Å²) in [5, 5.41) is 3.46. The SMILES string of the molecule is CCNC(=NCCCCN1CCCC1)N1CCC(COCCOC)C1. The second kappa shape index (κ2) is 12.5. The van der Waals surface area contributed by atoms with E-state index in [1.807, 2.05) is 0 Å². The Morgan fingerprint density at radius 1 is 1.16 bits per heavy atom. The van der Waals surface area contributed by atoms with Crippen molar-refractivity contribution in [2.24, 2.45) is 10.9 Å². The number of unbranched alkanes of at least 4 members (excludes halogenated alkanes) is 1. The highest BCUT2D eigenvalue weighted by molar-refractivity contribution is 5.80. The molecule has 2 heterocycles. The minimum atomic E-state index is 0.607. The minimum Gasteiger partial charge on any atom is -0.382 e. The van der Waals surface area contributed by atoms with Crippen LogP contribution < -0.4 is 5.32 Å². The van der Waals surface area contributed by atoms with Gasteiger partial charge in [0.25, 0.3) is 0 Å². The molecular weight excluding hydrogens is 316 g/mol. The van der Waals surface area contributed by atoms with Gasteiger partial charge in [0.15, 0.2) is 5.96 Å². The minimum absolute atomic E-state index is 0.607. The van der Waals surface area contributed by atoms with Crippen molar-refractivity contribution in [2.45, 2.75) is 39.0 Å². The molecule has 0 aromatic carbocycles. The van der Waals surface area contributed by atoms with Gasteiger partial charge >= 0.3 is 0 Å². The van der Waals surface area contributed by atoms with Crippen molar-refractivity contribution >= 4 is 5.96 Å². The monoisotopic (exact) mass is 354 g/mol. The van der Waals surface area contributed by atoms with E-state index in [4.69, 9.17) is 14.5 Å². The van der Waals surface area contributed by atoms with Crippen molar-refractivity contribution in [3.8, 4) is 0 Å². The largest absolute Gasteiger partial charge is 0.382 e. The van der Waals surface area contributed by atoms with E-state index in [2.05, 4.69) is 22.0 Å². The Morgan fingerprint density at radius 2 is 2.00 bits per heavy atom. The molecular formula is C19H38N4O2. The number of aliphatic imine (C=N–C) groups is 1. The van der Waals surface area contributed by atoms with Crippen LogP contribution in [0.1, 0.15) is 39.0 Å². The van der Waals surface area contributed by atoms with Crippen LogP contribution in [0.3, 0.4) is 0 Å². The smallest absolute Gasteiger partial charge is 0.193 e. The van der Waals surface area contributed by atoms with Crippen LogP contribution in [0, 0.1) is 5.92 Å². The highest BCUT2D eigenvalue weighted by atomic mass is 16.5. The predicted molar refractivity (Wildman–Crippen MR) is 103 cm³/mol. The Hall–Kier alpha value is -0.850. The fourth-order valence-electron chi connectivity index (χ4n) is 3.62. The molecule has 146 valence electrons. The lowest BCUT2D eigenvalue weighted by Crippen LogP contribution is -2.40. The summed E-state index contributed by atoms with van der Waals surface area (Å²) in [4.78, 5) is 9.84. The van der Waals surface area contributed by atoms with Crippen molar-refractivity contribution in [1.82, 2.24) is 15.1 Å². The Morgan fingerprint density at radius 3 is 2.76 bits per heavy atom. The van der Waals surface area contributed by atoms with Crippen LogP contribution in [-0.2, 0) is 9.47 Å². The zero-order chi connectivity index (χ0) is 17.7. The molecule has 6 nitrogen and oxygen atoms in total. The average molecular weight is 355 g/mol. The summed E-state index contributed by atoms with van der Waals surface area (Å²) in [5.41, 5.74) is 0. The molecule has 0 saturated carbocycles. The van der Waals surface area contributed by atoms with Crippen molar-refractivity contribution in [1.29, 1.82) is 0 Å². The molecule has 2 aliphatic rings. The van der Waals surface area contributed by atoms with Crippen molar-refractivity contribution in [2.75, 3.05) is 72.7 Å². The molecule has 2 aliphatic heterocycles. The standard InChI is InChI=1S/C19H38N4O2/c1-3-20-19(21-9-4-5-10-22-11-6-7-12-22)23-13-8-18(16-23)17-25-15-14-24-2/h18H,3-17H2,1-2H3,(H,20,21). The van der Waals surface area contributed by atoms with E-state index in [1.54, 1.807) is 7.11 Å². The van der Waals surface area contributed by atoms with E-state index < -0.39 is 0 Å². The third kappa shape index (κ3) is 7.92. The van der Waals surface area contributed by atoms with Gasteiger partial charge in [-0.25, -0.2) is 0 Å². The molecule has 1 unspecified atom stereocenters. The zero-order valence-corrected chi connectivity index (χ0v) is 16.3. The van der Waals surface area contributed by atoms with Crippen LogP contribution in [0.25, 0.3) is 0 Å². The van der Waals surface area contributed by atoms with Crippen molar-refractivity contribution < 1.29 is 9.47 Å². The predicted octanol–water partition coefficient (Wildman–Crippen LogP) is 1.81. The van der Waals surface area contributed by atoms with E-state index in [0.717, 1.165) is 38.7 Å². The van der Waals surface area contributed by atoms with Crippen LogP contribution in [0.15, 0.2) is 4.99 Å². The number of hydrogen-bond acceptors (Lipinski definition) is 4. The highest BCUT2D eigenvalue weighted by Gasteiger charge is 2.24. The summed E-state index contributed by atoms with van der Waals surface area (Å²) in [7, 11) is 1.71. The first-order valence-corrected chi connectivity index (χ1v) is 10.2. The second-order valence-electron chi connectivity index (χ2n) is 7.16. The quantitative estimate of drug-likeness (QED) is 0.348. The molecule has 1 atom stereocenters. The Bertz CT molecular complexity index is 372. The number of hydrogen-bond donors (Lipinski definition) is 1. The second-order valence-corrected chi connectivity index (χ2v) is 7.16. The van der Waals surface area contributed by atoms with Gasteiger partial charge in [-0.3, -0.25) is 4.99 Å². The molecule has 0 amide bonds. The number of methoxy groups -OCH3 is 1. The van der Waals surface area contributed by atoms with Crippen LogP contribution >= 0.6 is 0 Å². The zero-order valence-electron chi connectivity index (χ0n) is 16.3. The maximum Gasteiger partial charge on any atom is 0.193 e. The van der Waals surface area contributed by atoms with Crippen LogP contribution in [0.4, 0.5) is 0 Å². The molecule has 0 aromatic rings. The molecule has 0 aliphatic carbocycles. The summed E-state index contributed by atoms with van der Waals surface area (Å²) in [6.45, 7) is 12.2. The van der Waals surface area contributed by atoms with Crippen molar-refractivity contribution in [3.63, 3.8) is 0 Å². The van der Waals surface area contributed by atoms with Gasteiger partial charge in [0.1, 0.15) is 0 Å². The van der Waals surface area contributed by atoms with Crippen molar-refractivity contribution in [3.05, 3.63) is 0 Å². The Labute approximate surface area is 153 Å². The summed E-state index contributed by atoms with van der Waals surface area (Å²) in [6.07, 6.45) is 6.40. The summed E-state index contributed by atoms with van der Waals surface area (Å²) >= 11 is 0. The normalized spacial score (nSPS) is 22.1. The lowest BCUT2D eigenvalue weighted by Gasteiger charge is -2.22. The number of likely N-dealkylation sites (tertiary alicyclic amines) is 2. The summed E-state index contributed by atoms with van der Waals surface area (Å²) in [6, 6.07) is 0. The Kier molecular flexibility index (Phi) is 10.2.